The fourth-order valence-corrected chi connectivity index (χ4v) is 1.09. The first-order valence-corrected chi connectivity index (χ1v) is 4.70. The Morgan fingerprint density at radius 2 is 2.07 bits per heavy atom. The summed E-state index contributed by atoms with van der Waals surface area (Å²) in [5.74, 6) is -0.0214. The van der Waals surface area contributed by atoms with E-state index in [1.165, 1.54) is 0 Å². The first-order chi connectivity index (χ1) is 6.74. The summed E-state index contributed by atoms with van der Waals surface area (Å²) >= 11 is 0. The fraction of sp³-hybridized carbons (Fsp3) is 0.250. The molecule has 1 rings (SSSR count). The Morgan fingerprint density at radius 1 is 1.43 bits per heavy atom. The molecule has 0 bridgehead atoms. The van der Waals surface area contributed by atoms with Crippen molar-refractivity contribution in [2.45, 2.75) is 13.3 Å². The maximum atomic E-state index is 11.5. The van der Waals surface area contributed by atoms with E-state index in [1.54, 1.807) is 6.08 Å². The Morgan fingerprint density at radius 3 is 2.64 bits per heavy atom. The molecule has 0 saturated heterocycles. The monoisotopic (exact) mass is 189 g/mol. The van der Waals surface area contributed by atoms with Gasteiger partial charge in [0.1, 0.15) is 0 Å². The van der Waals surface area contributed by atoms with E-state index in [9.17, 15) is 4.79 Å². The van der Waals surface area contributed by atoms with Crippen molar-refractivity contribution in [3.05, 3.63) is 48.0 Å². The van der Waals surface area contributed by atoms with Crippen molar-refractivity contribution in [1.82, 2.24) is 5.32 Å². The van der Waals surface area contributed by atoms with Gasteiger partial charge in [-0.1, -0.05) is 23.8 Å². The van der Waals surface area contributed by atoms with Crippen molar-refractivity contribution < 1.29 is 4.79 Å². The molecular formula is C12H15NO. The highest BCUT2D eigenvalue weighted by molar-refractivity contribution is 5.94. The van der Waals surface area contributed by atoms with Gasteiger partial charge in [0.25, 0.3) is 5.91 Å². The minimum atomic E-state index is -0.0214. The average Bonchev–Trinajstić information content (AvgIpc) is 2.19. The van der Waals surface area contributed by atoms with Gasteiger partial charge in [-0.3, -0.25) is 4.79 Å². The van der Waals surface area contributed by atoms with Crippen molar-refractivity contribution >= 4 is 5.91 Å². The van der Waals surface area contributed by atoms with Gasteiger partial charge in [-0.2, -0.15) is 0 Å². The maximum Gasteiger partial charge on any atom is 0.251 e. The Bertz CT molecular complexity index is 314. The van der Waals surface area contributed by atoms with Crippen LogP contribution in [-0.2, 0) is 0 Å². The number of benzene rings is 1. The van der Waals surface area contributed by atoms with Gasteiger partial charge in [0.2, 0.25) is 0 Å². The molecule has 2 heteroatoms. The van der Waals surface area contributed by atoms with E-state index in [0.717, 1.165) is 12.0 Å². The van der Waals surface area contributed by atoms with Crippen LogP contribution in [0.5, 0.6) is 0 Å². The Hall–Kier alpha value is -1.57. The smallest absolute Gasteiger partial charge is 0.251 e. The molecule has 0 aliphatic rings. The molecule has 2 nitrogen and oxygen atoms in total. The number of hydrogen-bond donors (Lipinski definition) is 1. The maximum absolute atomic E-state index is 11.5. The summed E-state index contributed by atoms with van der Waals surface area (Å²) in [6, 6.07) is 7.53. The van der Waals surface area contributed by atoms with E-state index in [2.05, 4.69) is 11.9 Å². The highest BCUT2D eigenvalue weighted by Crippen LogP contribution is 2.02. The summed E-state index contributed by atoms with van der Waals surface area (Å²) in [5.41, 5.74) is 1.87. The molecule has 0 radical (unpaired) electrons. The van der Waals surface area contributed by atoms with Crippen LogP contribution in [0, 0.1) is 6.92 Å². The Kier molecular flexibility index (Phi) is 3.92. The summed E-state index contributed by atoms with van der Waals surface area (Å²) in [5, 5.41) is 2.81. The first kappa shape index (κ1) is 10.5. The van der Waals surface area contributed by atoms with Crippen molar-refractivity contribution in [3.8, 4) is 0 Å². The molecule has 14 heavy (non-hydrogen) atoms. The van der Waals surface area contributed by atoms with E-state index in [1.807, 2.05) is 31.2 Å². The molecule has 1 amide bonds. The summed E-state index contributed by atoms with van der Waals surface area (Å²) < 4.78 is 0. The standard InChI is InChI=1S/C12H15NO/c1-3-4-9-13-12(14)11-7-5-10(2)6-8-11/h3,5-8H,1,4,9H2,2H3,(H,13,14). The zero-order valence-corrected chi connectivity index (χ0v) is 8.42. The predicted octanol–water partition coefficient (Wildman–Crippen LogP) is 2.30. The van der Waals surface area contributed by atoms with Crippen molar-refractivity contribution in [2.24, 2.45) is 0 Å². The number of carbonyl (C=O) groups is 1. The number of carbonyl (C=O) groups excluding carboxylic acids is 1. The van der Waals surface area contributed by atoms with Crippen LogP contribution in [0.3, 0.4) is 0 Å². The fourth-order valence-electron chi connectivity index (χ4n) is 1.09. The quantitative estimate of drug-likeness (QED) is 0.571. The predicted molar refractivity (Wildman–Crippen MR) is 58.3 cm³/mol. The number of aryl methyl sites for hydroxylation is 1. The van der Waals surface area contributed by atoms with Crippen LogP contribution in [0.25, 0.3) is 0 Å². The zero-order chi connectivity index (χ0) is 10.4. The minimum absolute atomic E-state index is 0.0214. The Labute approximate surface area is 84.6 Å². The van der Waals surface area contributed by atoms with Crippen molar-refractivity contribution in [1.29, 1.82) is 0 Å². The SMILES string of the molecule is C=CCCNC(=O)c1ccc(C)cc1. The van der Waals surface area contributed by atoms with Gasteiger partial charge in [0, 0.05) is 12.1 Å². The third-order valence-electron chi connectivity index (χ3n) is 1.95. The normalized spacial score (nSPS) is 9.50. The van der Waals surface area contributed by atoms with Crippen LogP contribution in [0.2, 0.25) is 0 Å². The van der Waals surface area contributed by atoms with E-state index < -0.39 is 0 Å². The molecule has 0 atom stereocenters. The van der Waals surface area contributed by atoms with Crippen molar-refractivity contribution in [3.63, 3.8) is 0 Å². The van der Waals surface area contributed by atoms with Crippen LogP contribution in [-0.4, -0.2) is 12.5 Å². The molecule has 0 aliphatic carbocycles. The second-order valence-corrected chi connectivity index (χ2v) is 3.20. The van der Waals surface area contributed by atoms with Gasteiger partial charge in [-0.25, -0.2) is 0 Å². The average molecular weight is 189 g/mol. The lowest BCUT2D eigenvalue weighted by atomic mass is 10.1. The van der Waals surface area contributed by atoms with Crippen LogP contribution in [0.1, 0.15) is 22.3 Å². The van der Waals surface area contributed by atoms with Gasteiger partial charge < -0.3 is 5.32 Å². The van der Waals surface area contributed by atoms with Gasteiger partial charge in [-0.05, 0) is 25.5 Å². The van der Waals surface area contributed by atoms with Gasteiger partial charge in [0.05, 0.1) is 0 Å². The van der Waals surface area contributed by atoms with Crippen LogP contribution in [0.15, 0.2) is 36.9 Å². The largest absolute Gasteiger partial charge is 0.352 e. The van der Waals surface area contributed by atoms with Gasteiger partial charge in [0.15, 0.2) is 0 Å². The number of hydrogen-bond acceptors (Lipinski definition) is 1. The third kappa shape index (κ3) is 3.05. The van der Waals surface area contributed by atoms with Gasteiger partial charge in [-0.15, -0.1) is 6.58 Å². The first-order valence-electron chi connectivity index (χ1n) is 4.70. The molecule has 0 heterocycles. The van der Waals surface area contributed by atoms with Crippen LogP contribution in [0.4, 0.5) is 0 Å². The van der Waals surface area contributed by atoms with E-state index in [4.69, 9.17) is 0 Å². The van der Waals surface area contributed by atoms with Crippen LogP contribution >= 0.6 is 0 Å². The van der Waals surface area contributed by atoms with E-state index in [0.29, 0.717) is 12.1 Å². The summed E-state index contributed by atoms with van der Waals surface area (Å²) in [6.45, 7) is 6.24. The lowest BCUT2D eigenvalue weighted by Gasteiger charge is -2.03. The second-order valence-electron chi connectivity index (χ2n) is 3.20. The van der Waals surface area contributed by atoms with Crippen LogP contribution < -0.4 is 5.32 Å². The summed E-state index contributed by atoms with van der Waals surface area (Å²) in [4.78, 5) is 11.5. The van der Waals surface area contributed by atoms with E-state index >= 15 is 0 Å². The molecule has 0 aromatic heterocycles. The Balaban J connectivity index is 2.52. The molecule has 0 spiro atoms. The molecule has 0 fully saturated rings. The molecule has 1 aromatic rings. The third-order valence-corrected chi connectivity index (χ3v) is 1.95. The lowest BCUT2D eigenvalue weighted by molar-refractivity contribution is 0.0954. The molecule has 1 N–H and O–H groups in total. The van der Waals surface area contributed by atoms with Gasteiger partial charge >= 0.3 is 0 Å². The molecule has 74 valence electrons. The summed E-state index contributed by atoms with van der Waals surface area (Å²) in [6.07, 6.45) is 2.59. The minimum Gasteiger partial charge on any atom is -0.352 e. The topological polar surface area (TPSA) is 29.1 Å². The van der Waals surface area contributed by atoms with Crippen molar-refractivity contribution in [2.75, 3.05) is 6.54 Å². The number of amides is 1. The highest BCUT2D eigenvalue weighted by atomic mass is 16.1. The number of rotatable bonds is 4. The lowest BCUT2D eigenvalue weighted by Crippen LogP contribution is -2.23. The molecular weight excluding hydrogens is 174 g/mol. The molecule has 1 aromatic carbocycles. The highest BCUT2D eigenvalue weighted by Gasteiger charge is 2.02. The molecule has 0 unspecified atom stereocenters. The number of nitrogens with one attached hydrogen (secondary N) is 1. The zero-order valence-electron chi connectivity index (χ0n) is 8.42. The van der Waals surface area contributed by atoms with E-state index in [-0.39, 0.29) is 5.91 Å². The molecule has 0 aliphatic heterocycles. The molecule has 0 saturated carbocycles. The second kappa shape index (κ2) is 5.22. The summed E-state index contributed by atoms with van der Waals surface area (Å²) in [7, 11) is 0.